The van der Waals surface area contributed by atoms with Crippen molar-refractivity contribution in [1.29, 1.82) is 0 Å². The Morgan fingerprint density at radius 1 is 1.30 bits per heavy atom. The van der Waals surface area contributed by atoms with Crippen molar-refractivity contribution < 1.29 is 25.7 Å². The molecule has 4 heteroatoms. The molecule has 50 valence electrons. The zero-order valence-electron chi connectivity index (χ0n) is 4.94. The van der Waals surface area contributed by atoms with Crippen molar-refractivity contribution in [2.75, 3.05) is 0 Å². The van der Waals surface area contributed by atoms with Gasteiger partial charge in [-0.3, -0.25) is 4.63 Å². The van der Waals surface area contributed by atoms with Crippen LogP contribution in [0.15, 0.2) is 22.8 Å². The van der Waals surface area contributed by atoms with Crippen LogP contribution in [0.25, 0.3) is 11.0 Å². The van der Waals surface area contributed by atoms with E-state index in [1.165, 1.54) is 0 Å². The summed E-state index contributed by atoms with van der Waals surface area (Å²) in [6.45, 7) is 0. The average molecular weight is 303 g/mol. The van der Waals surface area contributed by atoms with Crippen molar-refractivity contribution in [1.82, 2.24) is 10.3 Å². The molecule has 0 saturated heterocycles. The summed E-state index contributed by atoms with van der Waals surface area (Å²) in [4.78, 5) is 0. The number of rotatable bonds is 0. The Labute approximate surface area is 71.6 Å². The van der Waals surface area contributed by atoms with Crippen molar-refractivity contribution in [3.8, 4) is 0 Å². The van der Waals surface area contributed by atoms with Crippen molar-refractivity contribution in [3.05, 3.63) is 24.3 Å². The Morgan fingerprint density at radius 2 is 2.10 bits per heavy atom. The van der Waals surface area contributed by atoms with E-state index in [4.69, 9.17) is 0 Å². The SMILES string of the molecule is [W].[c-]1ccc2nonc2c1. The summed E-state index contributed by atoms with van der Waals surface area (Å²) >= 11 is 0. The maximum Gasteiger partial charge on any atom is 0.0259 e. The molecule has 0 bridgehead atoms. The molecule has 1 heterocycles. The van der Waals surface area contributed by atoms with Gasteiger partial charge in [0.1, 0.15) is 0 Å². The van der Waals surface area contributed by atoms with Crippen LogP contribution in [-0.2, 0) is 21.1 Å². The normalized spacial score (nSPS) is 9.20. The van der Waals surface area contributed by atoms with Crippen molar-refractivity contribution in [2.24, 2.45) is 0 Å². The zero-order chi connectivity index (χ0) is 6.10. The van der Waals surface area contributed by atoms with Gasteiger partial charge >= 0.3 is 0 Å². The van der Waals surface area contributed by atoms with E-state index in [9.17, 15) is 0 Å². The Kier molecular flexibility index (Phi) is 2.17. The van der Waals surface area contributed by atoms with Gasteiger partial charge in [-0.25, -0.2) is 0 Å². The van der Waals surface area contributed by atoms with E-state index in [0.29, 0.717) is 0 Å². The molecule has 0 aliphatic carbocycles. The molecule has 0 radical (unpaired) electrons. The molecule has 2 rings (SSSR count). The van der Waals surface area contributed by atoms with Crippen LogP contribution < -0.4 is 0 Å². The minimum atomic E-state index is 0. The molecule has 2 aromatic rings. The summed E-state index contributed by atoms with van der Waals surface area (Å²) in [5.74, 6) is 0. The average Bonchev–Trinajstić information content (AvgIpc) is 2.33. The summed E-state index contributed by atoms with van der Waals surface area (Å²) < 4.78 is 4.44. The number of hydrogen-bond donors (Lipinski definition) is 0. The first-order valence-electron chi connectivity index (χ1n) is 2.55. The van der Waals surface area contributed by atoms with E-state index in [2.05, 4.69) is 21.0 Å². The van der Waals surface area contributed by atoms with Crippen LogP contribution in [0, 0.1) is 6.07 Å². The number of nitrogens with zero attached hydrogens (tertiary/aromatic N) is 2. The van der Waals surface area contributed by atoms with Crippen LogP contribution in [0.4, 0.5) is 0 Å². The van der Waals surface area contributed by atoms with Gasteiger partial charge in [0.2, 0.25) is 0 Å². The van der Waals surface area contributed by atoms with Gasteiger partial charge in [-0.05, 0) is 0 Å². The van der Waals surface area contributed by atoms with Gasteiger partial charge in [0.25, 0.3) is 0 Å². The first-order chi connectivity index (χ1) is 4.47. The second kappa shape index (κ2) is 2.93. The maximum atomic E-state index is 4.44. The molecule has 0 saturated carbocycles. The summed E-state index contributed by atoms with van der Waals surface area (Å²) in [6.07, 6.45) is 0. The van der Waals surface area contributed by atoms with Crippen LogP contribution in [0.3, 0.4) is 0 Å². The molecule has 0 spiro atoms. The third-order valence-corrected chi connectivity index (χ3v) is 1.10. The molecule has 1 aromatic heterocycles. The number of fused-ring (bicyclic) bond motifs is 1. The van der Waals surface area contributed by atoms with Crippen LogP contribution in [0.1, 0.15) is 0 Å². The maximum absolute atomic E-state index is 4.44. The molecule has 10 heavy (non-hydrogen) atoms. The second-order valence-corrected chi connectivity index (χ2v) is 1.68. The van der Waals surface area contributed by atoms with Crippen LogP contribution in [-0.4, -0.2) is 10.3 Å². The van der Waals surface area contributed by atoms with Gasteiger partial charge in [-0.2, -0.15) is 12.1 Å². The van der Waals surface area contributed by atoms with Gasteiger partial charge in [0, 0.05) is 32.1 Å². The molecule has 1 aromatic carbocycles. The van der Waals surface area contributed by atoms with Crippen LogP contribution in [0.5, 0.6) is 0 Å². The molecule has 0 N–H and O–H groups in total. The fraction of sp³-hybridized carbons (Fsp3) is 0. The van der Waals surface area contributed by atoms with Gasteiger partial charge in [-0.15, -0.1) is 17.3 Å². The third-order valence-electron chi connectivity index (χ3n) is 1.10. The topological polar surface area (TPSA) is 38.9 Å². The summed E-state index contributed by atoms with van der Waals surface area (Å²) in [5.41, 5.74) is 1.52. The number of hydrogen-bond acceptors (Lipinski definition) is 3. The fourth-order valence-electron chi connectivity index (χ4n) is 0.672. The molecule has 0 aliphatic rings. The monoisotopic (exact) mass is 303 g/mol. The Hall–Kier alpha value is -0.692. The van der Waals surface area contributed by atoms with Crippen molar-refractivity contribution >= 4 is 11.0 Å². The minimum Gasteiger partial charge on any atom is -0.259 e. The van der Waals surface area contributed by atoms with Gasteiger partial charge < -0.3 is 0 Å². The molecule has 0 amide bonds. The van der Waals surface area contributed by atoms with Crippen LogP contribution >= 0.6 is 0 Å². The summed E-state index contributed by atoms with van der Waals surface area (Å²) in [5, 5.41) is 7.21. The smallest absolute Gasteiger partial charge is 0.0259 e. The number of aromatic nitrogens is 2. The zero-order valence-corrected chi connectivity index (χ0v) is 7.88. The quantitative estimate of drug-likeness (QED) is 0.682. The first-order valence-corrected chi connectivity index (χ1v) is 2.55. The predicted octanol–water partition coefficient (Wildman–Crippen LogP) is 1.02. The second-order valence-electron chi connectivity index (χ2n) is 1.68. The van der Waals surface area contributed by atoms with Crippen molar-refractivity contribution in [2.45, 2.75) is 0 Å². The standard InChI is InChI=1S/C6H3N2O.W/c1-2-4-6-5(3-1)7-9-8-6;/h1,3-4H;/q-1;. The Bertz CT molecular complexity index is 290. The molecule has 0 unspecified atom stereocenters. The molecule has 0 atom stereocenters. The molecule has 0 fully saturated rings. The van der Waals surface area contributed by atoms with E-state index >= 15 is 0 Å². The van der Waals surface area contributed by atoms with Gasteiger partial charge in [0.05, 0.1) is 0 Å². The first kappa shape index (κ1) is 7.42. The van der Waals surface area contributed by atoms with E-state index in [0.717, 1.165) is 11.0 Å². The van der Waals surface area contributed by atoms with Crippen LogP contribution in [0.2, 0.25) is 0 Å². The Balaban J connectivity index is 0.000000500. The van der Waals surface area contributed by atoms with Crippen molar-refractivity contribution in [3.63, 3.8) is 0 Å². The summed E-state index contributed by atoms with van der Waals surface area (Å²) in [7, 11) is 0. The van der Waals surface area contributed by atoms with E-state index < -0.39 is 0 Å². The number of benzene rings is 1. The van der Waals surface area contributed by atoms with Gasteiger partial charge in [0.15, 0.2) is 0 Å². The van der Waals surface area contributed by atoms with E-state index in [-0.39, 0.29) is 21.1 Å². The fourth-order valence-corrected chi connectivity index (χ4v) is 0.672. The minimum absolute atomic E-state index is 0. The predicted molar refractivity (Wildman–Crippen MR) is 30.6 cm³/mol. The third kappa shape index (κ3) is 1.09. The molecule has 3 nitrogen and oxygen atoms in total. The Morgan fingerprint density at radius 3 is 2.90 bits per heavy atom. The molecular weight excluding hydrogens is 300 g/mol. The molecule has 0 aliphatic heterocycles. The molecular formula is C6H3N2OW-. The van der Waals surface area contributed by atoms with Gasteiger partial charge in [-0.1, -0.05) is 5.16 Å². The van der Waals surface area contributed by atoms with E-state index in [1.807, 2.05) is 0 Å². The largest absolute Gasteiger partial charge is 0.259 e. The summed E-state index contributed by atoms with van der Waals surface area (Å²) in [6, 6.07) is 8.15. The van der Waals surface area contributed by atoms with E-state index in [1.54, 1.807) is 18.2 Å².